The van der Waals surface area contributed by atoms with Crippen LogP contribution in [0.25, 0.3) is 20.8 Å². The number of para-hydroxylation sites is 1. The van der Waals surface area contributed by atoms with Gasteiger partial charge in [0.2, 0.25) is 10.0 Å². The second-order valence-corrected chi connectivity index (χ2v) is 16.8. The number of thiazole rings is 1. The molecule has 3 N–H and O–H groups in total. The van der Waals surface area contributed by atoms with Crippen molar-refractivity contribution in [2.75, 3.05) is 62.6 Å². The number of sulfonamides is 1. The summed E-state index contributed by atoms with van der Waals surface area (Å²) >= 11 is 1.56. The van der Waals surface area contributed by atoms with Crippen molar-refractivity contribution < 1.29 is 8.42 Å². The maximum atomic E-state index is 13.8. The van der Waals surface area contributed by atoms with Crippen LogP contribution in [-0.2, 0) is 10.0 Å². The summed E-state index contributed by atoms with van der Waals surface area (Å²) in [6.07, 6.45) is 6.16. The van der Waals surface area contributed by atoms with Crippen LogP contribution in [0.5, 0.6) is 0 Å². The molecule has 2 aromatic heterocycles. The number of hydrogen-bond donors (Lipinski definition) is 3. The highest BCUT2D eigenvalue weighted by atomic mass is 32.2. The molecule has 1 unspecified atom stereocenters. The molecular weight excluding hydrogens is 631 g/mol. The van der Waals surface area contributed by atoms with Crippen LogP contribution in [0, 0.1) is 5.41 Å². The van der Waals surface area contributed by atoms with E-state index in [1.807, 2.05) is 24.3 Å². The fourth-order valence-corrected chi connectivity index (χ4v) is 10.7. The van der Waals surface area contributed by atoms with Crippen molar-refractivity contribution in [2.24, 2.45) is 5.41 Å². The van der Waals surface area contributed by atoms with E-state index >= 15 is 0 Å². The Hall–Kier alpha value is -3.29. The summed E-state index contributed by atoms with van der Waals surface area (Å²) in [6.45, 7) is 6.80. The molecule has 0 bridgehead atoms. The van der Waals surface area contributed by atoms with Crippen LogP contribution >= 0.6 is 11.3 Å². The normalized spacial score (nSPS) is 24.9. The second-order valence-electron chi connectivity index (χ2n) is 13.8. The summed E-state index contributed by atoms with van der Waals surface area (Å²) in [7, 11) is -3.46. The van der Waals surface area contributed by atoms with E-state index in [0.717, 1.165) is 105 Å². The number of hydrogen-bond acceptors (Lipinski definition) is 9. The molecule has 4 saturated heterocycles. The highest BCUT2D eigenvalue weighted by Gasteiger charge is 2.48. The van der Waals surface area contributed by atoms with Gasteiger partial charge in [-0.1, -0.05) is 30.3 Å². The van der Waals surface area contributed by atoms with Crippen molar-refractivity contribution in [1.29, 1.82) is 0 Å². The zero-order chi connectivity index (χ0) is 32.0. The first-order valence-corrected chi connectivity index (χ1v) is 19.3. The van der Waals surface area contributed by atoms with Crippen molar-refractivity contribution in [3.8, 4) is 10.6 Å². The Bertz CT molecular complexity index is 1870. The third-order valence-corrected chi connectivity index (χ3v) is 13.7. The molecular formula is C35H43N7O3S2. The molecule has 8 rings (SSSR count). The standard InChI is InChI=1S/C35H43N7O3S2/c43-33-32(34-38-28-10-4-5-11-30(28)46-34)29(37-25-7-6-16-36-22-25)21-31(39-33)40-17-12-26(13-18-40)41-19-14-35(23-41)15-20-42(24-35)47(44,45)27-8-2-1-3-9-27/h1-5,8-11,21,25-26,36H,6-7,12-20,22-24H2,(H2,37,39,43)/t25-,35?/m1/s1. The SMILES string of the molecule is O=c1[nH]c(N2CCC(N3CCC4(CCN(S(=O)(=O)c5ccccc5)C4)C3)CC2)cc(N[C@@H]2CCCNC2)c1-c1nc2ccccc2s1. The summed E-state index contributed by atoms with van der Waals surface area (Å²) in [5, 5.41) is 7.95. The predicted molar refractivity (Wildman–Crippen MR) is 189 cm³/mol. The number of aromatic amines is 1. The minimum atomic E-state index is -3.46. The van der Waals surface area contributed by atoms with Crippen LogP contribution in [0.2, 0.25) is 0 Å². The van der Waals surface area contributed by atoms with Crippen LogP contribution in [-0.4, -0.2) is 92.0 Å². The van der Waals surface area contributed by atoms with Gasteiger partial charge in [0.05, 0.1) is 26.4 Å². The summed E-state index contributed by atoms with van der Waals surface area (Å²) in [6, 6.07) is 19.7. The third kappa shape index (κ3) is 6.10. The van der Waals surface area contributed by atoms with E-state index in [-0.39, 0.29) is 17.0 Å². The number of benzene rings is 2. The van der Waals surface area contributed by atoms with E-state index in [1.54, 1.807) is 39.9 Å². The van der Waals surface area contributed by atoms with Crippen molar-refractivity contribution >= 4 is 43.1 Å². The molecule has 10 nitrogen and oxygen atoms in total. The van der Waals surface area contributed by atoms with Gasteiger partial charge in [0.1, 0.15) is 10.8 Å². The van der Waals surface area contributed by atoms with Crippen LogP contribution in [0.1, 0.15) is 38.5 Å². The Morgan fingerprint density at radius 1 is 0.936 bits per heavy atom. The smallest absolute Gasteiger partial charge is 0.261 e. The largest absolute Gasteiger partial charge is 0.380 e. The minimum Gasteiger partial charge on any atom is -0.380 e. The summed E-state index contributed by atoms with van der Waals surface area (Å²) in [5.41, 5.74) is 2.33. The first-order chi connectivity index (χ1) is 22.9. The molecule has 0 saturated carbocycles. The molecule has 4 fully saturated rings. The highest BCUT2D eigenvalue weighted by molar-refractivity contribution is 7.89. The predicted octanol–water partition coefficient (Wildman–Crippen LogP) is 4.57. The van der Waals surface area contributed by atoms with Gasteiger partial charge in [-0.25, -0.2) is 13.4 Å². The molecule has 0 amide bonds. The number of rotatable bonds is 7. The van der Waals surface area contributed by atoms with Crippen LogP contribution < -0.4 is 21.1 Å². The Kier molecular flexibility index (Phi) is 8.33. The number of likely N-dealkylation sites (tertiary alicyclic amines) is 1. The lowest BCUT2D eigenvalue weighted by Crippen LogP contribution is -2.45. The van der Waals surface area contributed by atoms with E-state index < -0.39 is 10.0 Å². The number of fused-ring (bicyclic) bond motifs is 1. The van der Waals surface area contributed by atoms with Gasteiger partial charge in [-0.15, -0.1) is 11.3 Å². The fourth-order valence-electron chi connectivity index (χ4n) is 8.14. The first kappa shape index (κ1) is 31.0. The molecule has 0 aliphatic carbocycles. The highest BCUT2D eigenvalue weighted by Crippen LogP contribution is 2.43. The topological polar surface area (TPSA) is 114 Å². The summed E-state index contributed by atoms with van der Waals surface area (Å²) < 4.78 is 29.4. The van der Waals surface area contributed by atoms with E-state index in [9.17, 15) is 13.2 Å². The van der Waals surface area contributed by atoms with Gasteiger partial charge in [0.15, 0.2) is 0 Å². The molecule has 12 heteroatoms. The lowest BCUT2D eigenvalue weighted by Gasteiger charge is -2.38. The second kappa shape index (κ2) is 12.6. The quantitative estimate of drug-likeness (QED) is 0.262. The van der Waals surface area contributed by atoms with E-state index in [4.69, 9.17) is 4.98 Å². The lowest BCUT2D eigenvalue weighted by molar-refractivity contribution is 0.181. The monoisotopic (exact) mass is 673 g/mol. The van der Waals surface area contributed by atoms with Gasteiger partial charge in [-0.3, -0.25) is 9.69 Å². The van der Waals surface area contributed by atoms with Crippen LogP contribution in [0.3, 0.4) is 0 Å². The molecule has 248 valence electrons. The van der Waals surface area contributed by atoms with Gasteiger partial charge < -0.3 is 20.5 Å². The lowest BCUT2D eigenvalue weighted by atomic mass is 9.86. The van der Waals surface area contributed by atoms with Gasteiger partial charge in [0, 0.05) is 57.4 Å². The number of nitrogens with one attached hydrogen (secondary N) is 3. The third-order valence-electron chi connectivity index (χ3n) is 10.8. The van der Waals surface area contributed by atoms with Crippen LogP contribution in [0.4, 0.5) is 11.5 Å². The number of nitrogens with zero attached hydrogens (tertiary/aromatic N) is 4. The zero-order valence-electron chi connectivity index (χ0n) is 26.7. The number of anilines is 2. The number of piperidine rings is 2. The van der Waals surface area contributed by atoms with Crippen molar-refractivity contribution in [2.45, 2.75) is 55.5 Å². The Morgan fingerprint density at radius 3 is 2.51 bits per heavy atom. The average Bonchev–Trinajstić information content (AvgIpc) is 3.84. The van der Waals surface area contributed by atoms with Crippen molar-refractivity contribution in [1.82, 2.24) is 24.5 Å². The molecule has 47 heavy (non-hydrogen) atoms. The molecule has 0 radical (unpaired) electrons. The van der Waals surface area contributed by atoms with Crippen molar-refractivity contribution in [3.05, 3.63) is 71.0 Å². The zero-order valence-corrected chi connectivity index (χ0v) is 28.3. The number of H-pyrrole nitrogens is 1. The van der Waals surface area contributed by atoms with Crippen molar-refractivity contribution in [3.63, 3.8) is 0 Å². The van der Waals surface area contributed by atoms with Gasteiger partial charge in [-0.2, -0.15) is 4.31 Å². The fraction of sp³-hybridized carbons (Fsp3) is 0.486. The van der Waals surface area contributed by atoms with Gasteiger partial charge in [0.25, 0.3) is 5.56 Å². The Morgan fingerprint density at radius 2 is 1.72 bits per heavy atom. The van der Waals surface area contributed by atoms with Crippen LogP contribution in [0.15, 0.2) is 70.4 Å². The van der Waals surface area contributed by atoms with Gasteiger partial charge >= 0.3 is 0 Å². The molecule has 2 atom stereocenters. The molecule has 4 aliphatic rings. The average molecular weight is 674 g/mol. The Balaban J connectivity index is 0.960. The number of pyridine rings is 1. The molecule has 6 heterocycles. The van der Waals surface area contributed by atoms with Gasteiger partial charge in [-0.05, 0) is 81.3 Å². The molecule has 2 aromatic carbocycles. The molecule has 4 aromatic rings. The molecule has 4 aliphatic heterocycles. The van der Waals surface area contributed by atoms with E-state index in [0.29, 0.717) is 29.6 Å². The summed E-state index contributed by atoms with van der Waals surface area (Å²) in [4.78, 5) is 27.2. The number of aromatic nitrogens is 2. The van der Waals surface area contributed by atoms with E-state index in [1.165, 1.54) is 0 Å². The first-order valence-electron chi connectivity index (χ1n) is 17.0. The summed E-state index contributed by atoms with van der Waals surface area (Å²) in [5.74, 6) is 0.861. The Labute approximate surface area is 280 Å². The minimum absolute atomic E-state index is 0.0369. The van der Waals surface area contributed by atoms with E-state index in [2.05, 4.69) is 37.6 Å². The maximum absolute atomic E-state index is 13.8. The molecule has 1 spiro atoms. The maximum Gasteiger partial charge on any atom is 0.261 e.